The van der Waals surface area contributed by atoms with Crippen LogP contribution in [0.25, 0.3) is 0 Å². The predicted octanol–water partition coefficient (Wildman–Crippen LogP) is 0.667. The van der Waals surface area contributed by atoms with Gasteiger partial charge in [-0.25, -0.2) is 0 Å². The lowest BCUT2D eigenvalue weighted by Crippen LogP contribution is -2.40. The Balaban J connectivity index is 2.33. The molecule has 1 fully saturated rings. The molecular weight excluding hydrogens is 124 g/mol. The Morgan fingerprint density at radius 1 is 1.12 bits per heavy atom. The summed E-state index contributed by atoms with van der Waals surface area (Å²) in [5.74, 6) is 0. The number of rotatable bonds is 0. The summed E-state index contributed by atoms with van der Waals surface area (Å²) in [4.78, 5) is 0. The molecule has 48 valence electrons. The molecule has 1 aliphatic rings. The fourth-order valence-electron chi connectivity index (χ4n) is 0.443. The van der Waals surface area contributed by atoms with Crippen LogP contribution in [0.1, 0.15) is 0 Å². The van der Waals surface area contributed by atoms with Crippen molar-refractivity contribution in [3.8, 4) is 0 Å². The van der Waals surface area contributed by atoms with Crippen molar-refractivity contribution in [2.45, 2.75) is 13.1 Å². The molecule has 0 N–H and O–H groups in total. The highest BCUT2D eigenvalue weighted by molar-refractivity contribution is 6.64. The summed E-state index contributed by atoms with van der Waals surface area (Å²) in [6, 6.07) is 0. The highest BCUT2D eigenvalue weighted by atomic mass is 28.4. The lowest BCUT2D eigenvalue weighted by atomic mass is 11.4. The molecule has 1 rings (SSSR count). The molecule has 1 aliphatic heterocycles. The highest BCUT2D eigenvalue weighted by Crippen LogP contribution is 2.09. The van der Waals surface area contributed by atoms with Crippen molar-refractivity contribution < 1.29 is 13.6 Å². The molecule has 1 saturated heterocycles. The van der Waals surface area contributed by atoms with Crippen LogP contribution in [0, 0.1) is 0 Å². The maximum Gasteiger partial charge on any atom is 0.335 e. The number of ether oxygens (including phenoxy) is 1. The second kappa shape index (κ2) is 2.14. The third kappa shape index (κ3) is 1.55. The topological polar surface area (TPSA) is 27.7 Å². The zero-order valence-electron chi connectivity index (χ0n) is 5.14. The Bertz CT molecular complexity index is 75.4. The molecule has 0 aromatic carbocycles. The minimum absolute atomic E-state index is 0.402. The van der Waals surface area contributed by atoms with Crippen molar-refractivity contribution in [2.24, 2.45) is 0 Å². The molecule has 0 bridgehead atoms. The molecule has 4 heteroatoms. The van der Waals surface area contributed by atoms with Gasteiger partial charge in [-0.1, -0.05) is 0 Å². The number of hydrogen-bond acceptors (Lipinski definition) is 3. The molecule has 0 atom stereocenters. The molecule has 0 aromatic rings. The smallest absolute Gasteiger partial charge is 0.335 e. The van der Waals surface area contributed by atoms with Crippen LogP contribution in [-0.2, 0) is 13.6 Å². The van der Waals surface area contributed by atoms with Gasteiger partial charge >= 0.3 is 8.56 Å². The van der Waals surface area contributed by atoms with Gasteiger partial charge in [-0.2, -0.15) is 0 Å². The zero-order chi connectivity index (χ0) is 6.04. The largest absolute Gasteiger partial charge is 0.370 e. The maximum atomic E-state index is 5.16. The van der Waals surface area contributed by atoms with Crippen molar-refractivity contribution in [2.75, 3.05) is 13.6 Å². The quantitative estimate of drug-likeness (QED) is 0.456. The van der Waals surface area contributed by atoms with Crippen LogP contribution in [0.3, 0.4) is 0 Å². The van der Waals surface area contributed by atoms with Gasteiger partial charge in [-0.05, 0) is 13.1 Å². The van der Waals surface area contributed by atoms with Crippen LogP contribution in [0.5, 0.6) is 0 Å². The van der Waals surface area contributed by atoms with Crippen molar-refractivity contribution in [1.29, 1.82) is 0 Å². The van der Waals surface area contributed by atoms with E-state index in [1.807, 2.05) is 13.1 Å². The standard InChI is InChI=1S/C4H10O3Si/c1-8(2)6-3-5-4-7-8/h3-4H2,1-2H3. The molecule has 0 radical (unpaired) electrons. The third-order valence-corrected chi connectivity index (χ3v) is 2.61. The van der Waals surface area contributed by atoms with E-state index < -0.39 is 8.56 Å². The average molecular weight is 134 g/mol. The lowest BCUT2D eigenvalue weighted by molar-refractivity contribution is -0.121. The molecular formula is C4H10O3Si. The monoisotopic (exact) mass is 134 g/mol. The van der Waals surface area contributed by atoms with Crippen molar-refractivity contribution in [3.05, 3.63) is 0 Å². The maximum absolute atomic E-state index is 5.16. The van der Waals surface area contributed by atoms with Crippen LogP contribution in [0.15, 0.2) is 0 Å². The highest BCUT2D eigenvalue weighted by Gasteiger charge is 2.27. The van der Waals surface area contributed by atoms with Crippen LogP contribution in [0.2, 0.25) is 13.1 Å². The summed E-state index contributed by atoms with van der Waals surface area (Å²) < 4.78 is 15.1. The van der Waals surface area contributed by atoms with E-state index in [-0.39, 0.29) is 0 Å². The Labute approximate surface area is 49.8 Å². The van der Waals surface area contributed by atoms with E-state index in [0.29, 0.717) is 13.6 Å². The molecule has 0 unspecified atom stereocenters. The zero-order valence-corrected chi connectivity index (χ0v) is 6.14. The van der Waals surface area contributed by atoms with Gasteiger partial charge in [0.05, 0.1) is 0 Å². The minimum Gasteiger partial charge on any atom is -0.370 e. The van der Waals surface area contributed by atoms with Crippen LogP contribution >= 0.6 is 0 Å². The van der Waals surface area contributed by atoms with Gasteiger partial charge in [0.2, 0.25) is 0 Å². The van der Waals surface area contributed by atoms with E-state index in [9.17, 15) is 0 Å². The Morgan fingerprint density at radius 2 is 1.62 bits per heavy atom. The summed E-state index contributed by atoms with van der Waals surface area (Å²) in [5.41, 5.74) is 0. The Morgan fingerprint density at radius 3 is 1.88 bits per heavy atom. The van der Waals surface area contributed by atoms with Crippen molar-refractivity contribution >= 4 is 8.56 Å². The summed E-state index contributed by atoms with van der Waals surface area (Å²) >= 11 is 0. The predicted molar refractivity (Wildman–Crippen MR) is 30.5 cm³/mol. The third-order valence-electron chi connectivity index (χ3n) is 0.980. The number of hydrogen-bond donors (Lipinski definition) is 0. The first-order valence-corrected chi connectivity index (χ1v) is 5.38. The van der Waals surface area contributed by atoms with Crippen LogP contribution in [0.4, 0.5) is 0 Å². The summed E-state index contributed by atoms with van der Waals surface area (Å²) in [6.45, 7) is 4.80. The van der Waals surface area contributed by atoms with Gasteiger partial charge in [0.15, 0.2) is 0 Å². The van der Waals surface area contributed by atoms with E-state index >= 15 is 0 Å². The van der Waals surface area contributed by atoms with Crippen molar-refractivity contribution in [1.82, 2.24) is 0 Å². The first-order chi connectivity index (χ1) is 3.71. The summed E-state index contributed by atoms with van der Waals surface area (Å²) in [7, 11) is -1.72. The molecule has 0 amide bonds. The fourth-order valence-corrected chi connectivity index (χ4v) is 1.26. The second-order valence-corrected chi connectivity index (χ2v) is 5.51. The molecule has 0 aliphatic carbocycles. The summed E-state index contributed by atoms with van der Waals surface area (Å²) in [6.07, 6.45) is 0. The molecule has 0 spiro atoms. The first kappa shape index (κ1) is 6.22. The average Bonchev–Trinajstić information content (AvgIpc) is 1.65. The molecule has 0 saturated carbocycles. The van der Waals surface area contributed by atoms with Gasteiger partial charge in [0.25, 0.3) is 0 Å². The first-order valence-electron chi connectivity index (χ1n) is 2.56. The summed E-state index contributed by atoms with van der Waals surface area (Å²) in [5, 5.41) is 0. The second-order valence-electron chi connectivity index (χ2n) is 2.13. The molecule has 3 nitrogen and oxygen atoms in total. The van der Waals surface area contributed by atoms with Gasteiger partial charge in [0.1, 0.15) is 13.6 Å². The fraction of sp³-hybridized carbons (Fsp3) is 1.00. The van der Waals surface area contributed by atoms with Crippen molar-refractivity contribution in [3.63, 3.8) is 0 Å². The van der Waals surface area contributed by atoms with E-state index in [2.05, 4.69) is 0 Å². The van der Waals surface area contributed by atoms with E-state index in [1.165, 1.54) is 0 Å². The minimum atomic E-state index is -1.72. The van der Waals surface area contributed by atoms with Gasteiger partial charge in [-0.15, -0.1) is 0 Å². The SMILES string of the molecule is C[Si]1(C)OCOCO1. The van der Waals surface area contributed by atoms with E-state index in [1.54, 1.807) is 0 Å². The van der Waals surface area contributed by atoms with E-state index in [4.69, 9.17) is 13.6 Å². The Kier molecular flexibility index (Phi) is 1.67. The molecule has 1 heterocycles. The Hall–Kier alpha value is 0.0969. The van der Waals surface area contributed by atoms with Gasteiger partial charge in [0, 0.05) is 0 Å². The van der Waals surface area contributed by atoms with E-state index in [0.717, 1.165) is 0 Å². The van der Waals surface area contributed by atoms with Gasteiger partial charge in [-0.3, -0.25) is 0 Å². The molecule has 8 heavy (non-hydrogen) atoms. The van der Waals surface area contributed by atoms with Crippen LogP contribution in [-0.4, -0.2) is 22.1 Å². The normalized spacial score (nSPS) is 27.8. The van der Waals surface area contributed by atoms with Gasteiger partial charge < -0.3 is 13.6 Å². The molecule has 0 aromatic heterocycles. The lowest BCUT2D eigenvalue weighted by Gasteiger charge is -2.27. The van der Waals surface area contributed by atoms with Crippen LogP contribution < -0.4 is 0 Å².